The van der Waals surface area contributed by atoms with Crippen molar-refractivity contribution < 1.29 is 4.74 Å². The standard InChI is InChI=1S/C60H36BN7O/c1-6-17-37(18-7-1)42-30-32-51-47(35-42)61-48-36-44(60-66-57(40-23-12-4-13-24-40)63-58(67-60)41-25-14-5-15-26-41)34-46-45-33-43(29-31-49(45)68(54(46)48)50-27-16-28-52(69-51)53(50)61)59-64-55(38-19-8-2-9-20-38)62-56(65-59)39-21-10-3-11-22-39/h1-36H. The molecule has 0 bridgehead atoms. The summed E-state index contributed by atoms with van der Waals surface area (Å²) in [5.74, 6) is 5.28. The average Bonchev–Trinajstić information content (AvgIpc) is 3.76. The van der Waals surface area contributed by atoms with Gasteiger partial charge in [0.05, 0.1) is 5.52 Å². The van der Waals surface area contributed by atoms with Crippen molar-refractivity contribution in [2.45, 2.75) is 0 Å². The van der Waals surface area contributed by atoms with Gasteiger partial charge in [-0.3, -0.25) is 0 Å². The van der Waals surface area contributed by atoms with E-state index < -0.39 is 0 Å². The molecule has 3 aromatic heterocycles. The second-order valence-corrected chi connectivity index (χ2v) is 17.4. The minimum absolute atomic E-state index is 0.170. The fourth-order valence-corrected chi connectivity index (χ4v) is 10.2. The van der Waals surface area contributed by atoms with Gasteiger partial charge in [-0.1, -0.05) is 176 Å². The number of hydrogen-bond donors (Lipinski definition) is 0. The third-order valence-electron chi connectivity index (χ3n) is 13.3. The molecule has 0 saturated carbocycles. The maximum Gasteiger partial charge on any atom is 0.256 e. The highest BCUT2D eigenvalue weighted by atomic mass is 16.5. The Hall–Kier alpha value is -9.34. The number of benzene rings is 9. The summed E-state index contributed by atoms with van der Waals surface area (Å²) in [4.78, 5) is 30.9. The van der Waals surface area contributed by atoms with Gasteiger partial charge in [-0.15, -0.1) is 0 Å². The number of nitrogens with zero attached hydrogens (tertiary/aromatic N) is 7. The molecule has 9 heteroatoms. The maximum absolute atomic E-state index is 6.86. The third-order valence-corrected chi connectivity index (χ3v) is 13.3. The zero-order chi connectivity index (χ0) is 45.4. The van der Waals surface area contributed by atoms with E-state index in [-0.39, 0.29) is 6.71 Å². The molecule has 0 N–H and O–H groups in total. The molecule has 2 aliphatic heterocycles. The van der Waals surface area contributed by atoms with Gasteiger partial charge in [-0.25, -0.2) is 29.9 Å². The Kier molecular flexibility index (Phi) is 8.82. The Labute approximate surface area is 397 Å². The topological polar surface area (TPSA) is 91.5 Å². The van der Waals surface area contributed by atoms with Crippen molar-refractivity contribution in [3.05, 3.63) is 218 Å². The summed E-state index contributed by atoms with van der Waals surface area (Å²) in [5, 5.41) is 2.11. The molecule has 0 amide bonds. The van der Waals surface area contributed by atoms with E-state index >= 15 is 0 Å². The molecule has 0 radical (unpaired) electrons. The van der Waals surface area contributed by atoms with Gasteiger partial charge in [0.15, 0.2) is 34.9 Å². The predicted molar refractivity (Wildman–Crippen MR) is 277 cm³/mol. The zero-order valence-electron chi connectivity index (χ0n) is 36.9. The smallest absolute Gasteiger partial charge is 0.256 e. The van der Waals surface area contributed by atoms with Gasteiger partial charge in [0, 0.05) is 55.4 Å². The zero-order valence-corrected chi connectivity index (χ0v) is 36.9. The second-order valence-electron chi connectivity index (χ2n) is 17.4. The largest absolute Gasteiger partial charge is 0.458 e. The molecule has 0 saturated heterocycles. The fourth-order valence-electron chi connectivity index (χ4n) is 10.2. The van der Waals surface area contributed by atoms with Gasteiger partial charge >= 0.3 is 0 Å². The molecule has 320 valence electrons. The molecule has 69 heavy (non-hydrogen) atoms. The molecular formula is C60H36BN7O. The van der Waals surface area contributed by atoms with Gasteiger partial charge in [0.1, 0.15) is 11.5 Å². The van der Waals surface area contributed by atoms with Gasteiger partial charge in [-0.05, 0) is 70.0 Å². The summed E-state index contributed by atoms with van der Waals surface area (Å²) >= 11 is 0. The van der Waals surface area contributed by atoms with Gasteiger partial charge in [0.2, 0.25) is 0 Å². The van der Waals surface area contributed by atoms with E-state index in [0.29, 0.717) is 34.9 Å². The maximum atomic E-state index is 6.86. The highest BCUT2D eigenvalue weighted by Gasteiger charge is 2.41. The highest BCUT2D eigenvalue weighted by molar-refractivity contribution is 6.99. The Balaban J connectivity index is 1.06. The minimum atomic E-state index is -0.170. The third kappa shape index (κ3) is 6.47. The summed E-state index contributed by atoms with van der Waals surface area (Å²) in [7, 11) is 0. The fraction of sp³-hybridized carbons (Fsp3) is 0. The molecular weight excluding hydrogens is 846 g/mol. The molecule has 0 spiro atoms. The van der Waals surface area contributed by atoms with Crippen LogP contribution in [0.15, 0.2) is 218 Å². The summed E-state index contributed by atoms with van der Waals surface area (Å²) in [5.41, 5.74) is 14.3. The first-order valence-electron chi connectivity index (χ1n) is 23.1. The van der Waals surface area contributed by atoms with Crippen molar-refractivity contribution in [3.63, 3.8) is 0 Å². The first-order valence-corrected chi connectivity index (χ1v) is 23.1. The average molecular weight is 882 g/mol. The molecule has 0 aliphatic carbocycles. The molecule has 12 aromatic rings. The number of rotatable bonds is 7. The summed E-state index contributed by atoms with van der Waals surface area (Å²) in [6, 6.07) is 75.2. The number of fused-ring (bicyclic) bond motifs is 7. The van der Waals surface area contributed by atoms with Gasteiger partial charge in [0.25, 0.3) is 6.71 Å². The quantitative estimate of drug-likeness (QED) is 0.147. The first-order chi connectivity index (χ1) is 34.2. The SMILES string of the molecule is c1ccc(-c2ccc3c(c2)B2c4c(cccc4-n4c5ccc(-c6nc(-c7ccccc7)nc(-c7ccccc7)n6)cc5c5cc(-c6nc(-c7ccccc7)nc(-c7ccccc7)n6)cc2c54)O3)cc1. The van der Waals surface area contributed by atoms with E-state index in [4.69, 9.17) is 34.6 Å². The van der Waals surface area contributed by atoms with E-state index in [9.17, 15) is 0 Å². The van der Waals surface area contributed by atoms with E-state index in [1.807, 2.05) is 121 Å². The van der Waals surface area contributed by atoms with Crippen molar-refractivity contribution >= 4 is 44.9 Å². The van der Waals surface area contributed by atoms with Crippen LogP contribution < -0.4 is 21.1 Å². The van der Waals surface area contributed by atoms with Crippen LogP contribution in [-0.4, -0.2) is 41.2 Å². The van der Waals surface area contributed by atoms with Gasteiger partial charge < -0.3 is 9.30 Å². The highest BCUT2D eigenvalue weighted by Crippen LogP contribution is 2.41. The Bertz CT molecular complexity index is 3870. The van der Waals surface area contributed by atoms with E-state index in [0.717, 1.165) is 99.9 Å². The first kappa shape index (κ1) is 38.9. The normalized spacial score (nSPS) is 12.1. The Morgan fingerprint density at radius 2 is 0.768 bits per heavy atom. The number of aromatic nitrogens is 7. The van der Waals surface area contributed by atoms with Crippen LogP contribution in [0.25, 0.3) is 107 Å². The van der Waals surface area contributed by atoms with E-state index in [2.05, 4.69) is 102 Å². The van der Waals surface area contributed by atoms with E-state index in [1.165, 1.54) is 0 Å². The lowest BCUT2D eigenvalue weighted by Crippen LogP contribution is -2.58. The summed E-state index contributed by atoms with van der Waals surface area (Å²) < 4.78 is 9.27. The molecule has 8 nitrogen and oxygen atoms in total. The van der Waals surface area contributed by atoms with Crippen molar-refractivity contribution in [2.75, 3.05) is 0 Å². The van der Waals surface area contributed by atoms with Crippen LogP contribution in [0, 0.1) is 0 Å². The molecule has 0 unspecified atom stereocenters. The number of ether oxygens (including phenoxy) is 1. The van der Waals surface area contributed by atoms with E-state index in [1.54, 1.807) is 0 Å². The van der Waals surface area contributed by atoms with Crippen molar-refractivity contribution in [1.29, 1.82) is 0 Å². The van der Waals surface area contributed by atoms with Crippen LogP contribution in [0.3, 0.4) is 0 Å². The molecule has 2 aliphatic rings. The molecule has 9 aromatic carbocycles. The predicted octanol–water partition coefficient (Wildman–Crippen LogP) is 11.8. The monoisotopic (exact) mass is 881 g/mol. The second kappa shape index (κ2) is 15.6. The van der Waals surface area contributed by atoms with Crippen LogP contribution in [-0.2, 0) is 0 Å². The lowest BCUT2D eigenvalue weighted by Gasteiger charge is -2.33. The molecule has 5 heterocycles. The minimum Gasteiger partial charge on any atom is -0.458 e. The van der Waals surface area contributed by atoms with Crippen LogP contribution in [0.1, 0.15) is 0 Å². The van der Waals surface area contributed by atoms with Crippen molar-refractivity contribution in [1.82, 2.24) is 34.5 Å². The van der Waals surface area contributed by atoms with Gasteiger partial charge in [-0.2, -0.15) is 0 Å². The van der Waals surface area contributed by atoms with Crippen LogP contribution in [0.5, 0.6) is 11.5 Å². The van der Waals surface area contributed by atoms with Crippen LogP contribution >= 0.6 is 0 Å². The van der Waals surface area contributed by atoms with Crippen LogP contribution in [0.4, 0.5) is 0 Å². The molecule has 0 fully saturated rings. The Morgan fingerprint density at radius 3 is 1.30 bits per heavy atom. The van der Waals surface area contributed by atoms with Crippen LogP contribution in [0.2, 0.25) is 0 Å². The molecule has 14 rings (SSSR count). The van der Waals surface area contributed by atoms with Crippen molar-refractivity contribution in [3.8, 4) is 96.6 Å². The summed E-state index contributed by atoms with van der Waals surface area (Å²) in [6.45, 7) is -0.170. The molecule has 0 atom stereocenters. The lowest BCUT2D eigenvalue weighted by molar-refractivity contribution is 0.487. The van der Waals surface area contributed by atoms with Crippen molar-refractivity contribution in [2.24, 2.45) is 0 Å². The lowest BCUT2D eigenvalue weighted by atomic mass is 9.34. The number of hydrogen-bond acceptors (Lipinski definition) is 7. The Morgan fingerprint density at radius 1 is 0.319 bits per heavy atom. The summed E-state index contributed by atoms with van der Waals surface area (Å²) in [6.07, 6.45) is 0.